The van der Waals surface area contributed by atoms with Gasteiger partial charge < -0.3 is 21.9 Å². The van der Waals surface area contributed by atoms with Crippen LogP contribution in [0.1, 0.15) is 35.4 Å². The Labute approximate surface area is 228 Å². The van der Waals surface area contributed by atoms with Crippen LogP contribution in [0, 0.1) is 0 Å². The lowest BCUT2D eigenvalue weighted by Crippen LogP contribution is -2.64. The minimum Gasteiger partial charge on any atom is -0.480 e. The van der Waals surface area contributed by atoms with Gasteiger partial charge >= 0.3 is 5.97 Å². The van der Waals surface area contributed by atoms with Crippen molar-refractivity contribution in [1.29, 1.82) is 0 Å². The van der Waals surface area contributed by atoms with Gasteiger partial charge in [-0.25, -0.2) is 0 Å². The van der Waals surface area contributed by atoms with E-state index in [-0.39, 0.29) is 24.7 Å². The average molecular weight is 530 g/mol. The normalized spacial score (nSPS) is 12.3. The molecule has 0 aromatic heterocycles. The summed E-state index contributed by atoms with van der Waals surface area (Å²) in [6.07, 6.45) is 0.912. The maximum atomic E-state index is 14.7. The van der Waals surface area contributed by atoms with E-state index in [4.69, 9.17) is 11.5 Å². The molecule has 3 aromatic carbocycles. The van der Waals surface area contributed by atoms with Crippen molar-refractivity contribution in [1.82, 2.24) is 10.6 Å². The van der Waals surface area contributed by atoms with Gasteiger partial charge in [0.25, 0.3) is 0 Å². The van der Waals surface area contributed by atoms with E-state index in [0.29, 0.717) is 19.4 Å². The summed E-state index contributed by atoms with van der Waals surface area (Å²) in [7, 11) is 0. The van der Waals surface area contributed by atoms with Crippen molar-refractivity contribution in [3.8, 4) is 0 Å². The number of aliphatic imine (C=N–C) groups is 1. The summed E-state index contributed by atoms with van der Waals surface area (Å²) in [4.78, 5) is 43.8. The molecular weight excluding hydrogens is 494 g/mol. The summed E-state index contributed by atoms with van der Waals surface area (Å²) in [5.41, 5.74) is 11.7. The molecule has 9 nitrogen and oxygen atoms in total. The first-order valence-electron chi connectivity index (χ1n) is 12.8. The van der Waals surface area contributed by atoms with E-state index >= 15 is 0 Å². The van der Waals surface area contributed by atoms with Crippen molar-refractivity contribution in [3.63, 3.8) is 0 Å². The van der Waals surface area contributed by atoms with E-state index in [1.165, 1.54) is 0 Å². The predicted octanol–water partition coefficient (Wildman–Crippen LogP) is 2.21. The molecule has 3 aromatic rings. The number of nitrogens with zero attached hydrogens (tertiary/aromatic N) is 1. The van der Waals surface area contributed by atoms with Crippen LogP contribution in [0.25, 0.3) is 0 Å². The van der Waals surface area contributed by atoms with Crippen LogP contribution in [-0.2, 0) is 20.8 Å². The first kappa shape index (κ1) is 29.1. The lowest BCUT2D eigenvalue weighted by Gasteiger charge is -2.35. The number of carboxylic acid groups (broad SMARTS) is 1. The molecule has 0 aliphatic heterocycles. The first-order valence-corrected chi connectivity index (χ1v) is 12.8. The largest absolute Gasteiger partial charge is 0.480 e. The Morgan fingerprint density at radius 3 is 1.90 bits per heavy atom. The highest BCUT2D eigenvalue weighted by Crippen LogP contribution is 2.32. The number of benzene rings is 3. The lowest BCUT2D eigenvalue weighted by molar-refractivity contribution is -0.143. The molecular formula is C30H35N5O4. The number of Topliss-reactive ketones (excluding diaryl/α,β-unsaturated/α-hetero) is 1. The van der Waals surface area contributed by atoms with Gasteiger partial charge in [0.05, 0.1) is 5.92 Å². The predicted molar refractivity (Wildman–Crippen MR) is 151 cm³/mol. The van der Waals surface area contributed by atoms with Crippen LogP contribution >= 0.6 is 0 Å². The van der Waals surface area contributed by atoms with Gasteiger partial charge in [-0.1, -0.05) is 91.0 Å². The Kier molecular flexibility index (Phi) is 10.8. The minimum atomic E-state index is -1.75. The zero-order chi connectivity index (χ0) is 28.1. The molecule has 0 spiro atoms. The number of hydrogen-bond acceptors (Lipinski definition) is 5. The number of nitrogens with one attached hydrogen (secondary N) is 2. The molecule has 0 unspecified atom stereocenters. The fourth-order valence-electron chi connectivity index (χ4n) is 4.56. The zero-order valence-electron chi connectivity index (χ0n) is 21.8. The molecule has 0 fully saturated rings. The van der Waals surface area contributed by atoms with E-state index in [2.05, 4.69) is 15.6 Å². The van der Waals surface area contributed by atoms with Gasteiger partial charge in [-0.15, -0.1) is 0 Å². The molecule has 9 heteroatoms. The van der Waals surface area contributed by atoms with E-state index in [9.17, 15) is 19.5 Å². The number of nitrogens with two attached hydrogens (primary N) is 2. The van der Waals surface area contributed by atoms with Crippen LogP contribution in [0.3, 0.4) is 0 Å². The SMILES string of the molecule is NC(N)=NCCC[C@](NCCc1ccccc1)(C(=O)NCC(=O)O)C(=O)C(c1ccccc1)c1ccccc1. The standard InChI is InChI=1S/C30H35N5O4/c31-29(32)33-19-10-18-30(28(39)34-21-25(36)37,35-20-17-22-11-4-1-5-12-22)27(38)26(23-13-6-2-7-14-23)24-15-8-3-9-16-24/h1-9,11-16,26,35H,10,17-21H2,(H,34,39)(H,36,37)(H4,31,32,33)/t30-/m1/s1. The summed E-state index contributed by atoms with van der Waals surface area (Å²) in [6.45, 7) is -0.121. The quantitative estimate of drug-likeness (QED) is 0.0873. The highest BCUT2D eigenvalue weighted by atomic mass is 16.4. The Morgan fingerprint density at radius 2 is 1.38 bits per heavy atom. The van der Waals surface area contributed by atoms with Crippen molar-refractivity contribution in [2.75, 3.05) is 19.6 Å². The molecule has 1 atom stereocenters. The zero-order valence-corrected chi connectivity index (χ0v) is 21.8. The van der Waals surface area contributed by atoms with Gasteiger partial charge in [0.15, 0.2) is 17.3 Å². The monoisotopic (exact) mass is 529 g/mol. The molecule has 7 N–H and O–H groups in total. The molecule has 0 heterocycles. The van der Waals surface area contributed by atoms with Gasteiger partial charge in [0.1, 0.15) is 6.54 Å². The van der Waals surface area contributed by atoms with E-state index in [1.54, 1.807) is 0 Å². The Morgan fingerprint density at radius 1 is 0.846 bits per heavy atom. The van der Waals surface area contributed by atoms with E-state index in [0.717, 1.165) is 16.7 Å². The minimum absolute atomic E-state index is 0.0546. The molecule has 0 saturated carbocycles. The number of ketones is 1. The molecule has 39 heavy (non-hydrogen) atoms. The Hall–Kier alpha value is -4.50. The number of carbonyl (C=O) groups is 3. The Bertz CT molecular complexity index is 1210. The molecule has 0 aliphatic carbocycles. The highest BCUT2D eigenvalue weighted by Gasteiger charge is 2.48. The molecule has 3 rings (SSSR count). The second-order valence-electron chi connectivity index (χ2n) is 9.17. The second kappa shape index (κ2) is 14.4. The van der Waals surface area contributed by atoms with Crippen LogP contribution < -0.4 is 22.1 Å². The van der Waals surface area contributed by atoms with Crippen LogP contribution in [0.5, 0.6) is 0 Å². The molecule has 0 aliphatic rings. The maximum Gasteiger partial charge on any atom is 0.322 e. The maximum absolute atomic E-state index is 14.7. The van der Waals surface area contributed by atoms with Gasteiger partial charge in [-0.2, -0.15) is 0 Å². The van der Waals surface area contributed by atoms with Gasteiger partial charge in [-0.3, -0.25) is 24.7 Å². The van der Waals surface area contributed by atoms with Crippen LogP contribution in [0.4, 0.5) is 0 Å². The molecule has 0 bridgehead atoms. The third kappa shape index (κ3) is 8.24. The first-order chi connectivity index (χ1) is 18.8. The lowest BCUT2D eigenvalue weighted by atomic mass is 9.75. The number of carbonyl (C=O) groups excluding carboxylic acids is 2. The van der Waals surface area contributed by atoms with Crippen LogP contribution in [-0.4, -0.2) is 53.9 Å². The van der Waals surface area contributed by atoms with E-state index in [1.807, 2.05) is 91.0 Å². The van der Waals surface area contributed by atoms with Gasteiger partial charge in [0.2, 0.25) is 5.91 Å². The van der Waals surface area contributed by atoms with Crippen molar-refractivity contribution in [3.05, 3.63) is 108 Å². The number of guanidine groups is 1. The fraction of sp³-hybridized carbons (Fsp3) is 0.267. The number of aliphatic carboxylic acids is 1. The average Bonchev–Trinajstić information content (AvgIpc) is 2.94. The third-order valence-corrected chi connectivity index (χ3v) is 6.42. The van der Waals surface area contributed by atoms with Crippen molar-refractivity contribution < 1.29 is 19.5 Å². The summed E-state index contributed by atoms with van der Waals surface area (Å²) in [5, 5.41) is 15.0. The number of hydrogen-bond donors (Lipinski definition) is 5. The molecule has 0 radical (unpaired) electrons. The summed E-state index contributed by atoms with van der Waals surface area (Å²) < 4.78 is 0. The topological polar surface area (TPSA) is 160 Å². The fourth-order valence-corrected chi connectivity index (χ4v) is 4.56. The van der Waals surface area contributed by atoms with E-state index < -0.39 is 29.9 Å². The highest BCUT2D eigenvalue weighted by molar-refractivity contribution is 6.14. The molecule has 1 amide bonds. The summed E-state index contributed by atoms with van der Waals surface area (Å²) >= 11 is 0. The van der Waals surface area contributed by atoms with Crippen molar-refractivity contribution in [2.24, 2.45) is 16.5 Å². The molecule has 204 valence electrons. The van der Waals surface area contributed by atoms with Crippen molar-refractivity contribution >= 4 is 23.6 Å². The van der Waals surface area contributed by atoms with Crippen molar-refractivity contribution in [2.45, 2.75) is 30.7 Å². The number of carboxylic acids is 1. The smallest absolute Gasteiger partial charge is 0.322 e. The summed E-state index contributed by atoms with van der Waals surface area (Å²) in [6, 6.07) is 28.1. The molecule has 0 saturated heterocycles. The summed E-state index contributed by atoms with van der Waals surface area (Å²) in [5.74, 6) is -3.18. The van der Waals surface area contributed by atoms with Gasteiger partial charge in [-0.05, 0) is 36.0 Å². The van der Waals surface area contributed by atoms with Crippen LogP contribution in [0.15, 0.2) is 96.0 Å². The number of amides is 1. The third-order valence-electron chi connectivity index (χ3n) is 6.42. The Balaban J connectivity index is 2.07. The van der Waals surface area contributed by atoms with Gasteiger partial charge in [0, 0.05) is 13.1 Å². The second-order valence-corrected chi connectivity index (χ2v) is 9.17. The number of rotatable bonds is 15. The van der Waals surface area contributed by atoms with Crippen LogP contribution in [0.2, 0.25) is 0 Å².